The summed E-state index contributed by atoms with van der Waals surface area (Å²) in [5, 5.41) is 3.27. The molecule has 2 heterocycles. The van der Waals surface area contributed by atoms with Crippen LogP contribution in [0.15, 0.2) is 24.5 Å². The third kappa shape index (κ3) is 2.32. The summed E-state index contributed by atoms with van der Waals surface area (Å²) in [4.78, 5) is 7.86. The summed E-state index contributed by atoms with van der Waals surface area (Å²) in [6.45, 7) is 1.74. The van der Waals surface area contributed by atoms with E-state index in [2.05, 4.69) is 24.8 Å². The third-order valence-electron chi connectivity index (χ3n) is 2.69. The van der Waals surface area contributed by atoms with Crippen molar-refractivity contribution in [3.63, 3.8) is 0 Å². The lowest BCUT2D eigenvalue weighted by Crippen LogP contribution is -2.25. The fraction of sp³-hybridized carbons (Fsp3) is 0.167. The Bertz CT molecular complexity index is 682. The Morgan fingerprint density at radius 3 is 2.75 bits per heavy atom. The highest BCUT2D eigenvalue weighted by molar-refractivity contribution is 6.30. The van der Waals surface area contributed by atoms with E-state index < -0.39 is 6.29 Å². The summed E-state index contributed by atoms with van der Waals surface area (Å²) in [6, 6.07) is 4.35. The number of alkyl halides is 2. The minimum absolute atomic E-state index is 0.0157. The Labute approximate surface area is 117 Å². The second-order valence-corrected chi connectivity index (χ2v) is 4.45. The lowest BCUT2D eigenvalue weighted by Gasteiger charge is -2.09. The zero-order valence-electron chi connectivity index (χ0n) is 10.2. The summed E-state index contributed by atoms with van der Waals surface area (Å²) >= 11 is 5.88. The molecule has 1 N–H and O–H groups in total. The van der Waals surface area contributed by atoms with Crippen LogP contribution in [-0.4, -0.2) is 16.3 Å². The van der Waals surface area contributed by atoms with Gasteiger partial charge in [0, 0.05) is 17.3 Å². The number of aromatic nitrogens is 2. The van der Waals surface area contributed by atoms with Crippen LogP contribution >= 0.6 is 11.6 Å². The highest BCUT2D eigenvalue weighted by Gasteiger charge is 2.43. The standard InChI is InChI=1S/C12H8ClF2N3O2/c1-6-10(13)16-5-17-11(6)18-7-2-3-8-9(4-7)20-12(14,15)19-8/h2-5H,1H3,(H,16,17,18). The minimum atomic E-state index is -3.63. The zero-order chi connectivity index (χ0) is 14.3. The molecule has 1 aliphatic rings. The molecule has 104 valence electrons. The first-order valence-corrected chi connectivity index (χ1v) is 5.96. The van der Waals surface area contributed by atoms with Crippen LogP contribution < -0.4 is 14.8 Å². The molecule has 0 radical (unpaired) electrons. The van der Waals surface area contributed by atoms with E-state index in [1.165, 1.54) is 18.5 Å². The molecule has 0 unspecified atom stereocenters. The molecule has 0 saturated heterocycles. The molecule has 8 heteroatoms. The first-order chi connectivity index (χ1) is 9.44. The molecule has 1 aromatic heterocycles. The number of benzene rings is 1. The van der Waals surface area contributed by atoms with Crippen molar-refractivity contribution < 1.29 is 18.3 Å². The molecule has 0 aliphatic carbocycles. The molecule has 2 aromatic rings. The van der Waals surface area contributed by atoms with E-state index in [-0.39, 0.29) is 11.5 Å². The van der Waals surface area contributed by atoms with Gasteiger partial charge in [-0.05, 0) is 19.1 Å². The van der Waals surface area contributed by atoms with Crippen LogP contribution in [0, 0.1) is 6.92 Å². The van der Waals surface area contributed by atoms with Gasteiger partial charge in [-0.15, -0.1) is 8.78 Å². The van der Waals surface area contributed by atoms with E-state index in [0.29, 0.717) is 22.2 Å². The van der Waals surface area contributed by atoms with Gasteiger partial charge in [-0.1, -0.05) is 11.6 Å². The summed E-state index contributed by atoms with van der Waals surface area (Å²) in [5.41, 5.74) is 1.17. The van der Waals surface area contributed by atoms with Gasteiger partial charge >= 0.3 is 6.29 Å². The van der Waals surface area contributed by atoms with Crippen LogP contribution in [0.4, 0.5) is 20.3 Å². The Hall–Kier alpha value is -2.15. The number of hydrogen-bond donors (Lipinski definition) is 1. The number of fused-ring (bicyclic) bond motifs is 1. The van der Waals surface area contributed by atoms with E-state index in [0.717, 1.165) is 0 Å². The molecule has 0 saturated carbocycles. The van der Waals surface area contributed by atoms with Crippen molar-refractivity contribution in [2.75, 3.05) is 5.32 Å². The zero-order valence-corrected chi connectivity index (χ0v) is 10.9. The van der Waals surface area contributed by atoms with Gasteiger partial charge in [-0.25, -0.2) is 9.97 Å². The average Bonchev–Trinajstić information content (AvgIpc) is 2.68. The molecule has 0 amide bonds. The molecular formula is C12H8ClF2N3O2. The fourth-order valence-electron chi connectivity index (χ4n) is 1.72. The first kappa shape index (κ1) is 12.9. The molecule has 0 spiro atoms. The number of ether oxygens (including phenoxy) is 2. The Kier molecular flexibility index (Phi) is 2.86. The van der Waals surface area contributed by atoms with Crippen molar-refractivity contribution in [2.45, 2.75) is 13.2 Å². The second kappa shape index (κ2) is 4.45. The lowest BCUT2D eigenvalue weighted by atomic mass is 10.2. The average molecular weight is 300 g/mol. The molecule has 3 rings (SSSR count). The van der Waals surface area contributed by atoms with E-state index in [1.807, 2.05) is 0 Å². The molecule has 1 aliphatic heterocycles. The number of nitrogens with zero attached hydrogens (tertiary/aromatic N) is 2. The van der Waals surface area contributed by atoms with E-state index >= 15 is 0 Å². The van der Waals surface area contributed by atoms with Crippen molar-refractivity contribution >= 4 is 23.1 Å². The van der Waals surface area contributed by atoms with E-state index in [9.17, 15) is 8.78 Å². The van der Waals surface area contributed by atoms with Gasteiger partial charge < -0.3 is 14.8 Å². The van der Waals surface area contributed by atoms with Crippen LogP contribution in [0.3, 0.4) is 0 Å². The van der Waals surface area contributed by atoms with Gasteiger partial charge in [0.1, 0.15) is 17.3 Å². The summed E-state index contributed by atoms with van der Waals surface area (Å²) < 4.78 is 34.5. The Morgan fingerprint density at radius 2 is 1.95 bits per heavy atom. The van der Waals surface area contributed by atoms with Crippen molar-refractivity contribution in [2.24, 2.45) is 0 Å². The molecule has 1 aromatic carbocycles. The van der Waals surface area contributed by atoms with Gasteiger partial charge in [-0.3, -0.25) is 0 Å². The van der Waals surface area contributed by atoms with E-state index in [4.69, 9.17) is 11.6 Å². The van der Waals surface area contributed by atoms with Crippen LogP contribution in [0.25, 0.3) is 0 Å². The molecule has 5 nitrogen and oxygen atoms in total. The van der Waals surface area contributed by atoms with E-state index in [1.54, 1.807) is 13.0 Å². The van der Waals surface area contributed by atoms with Crippen molar-refractivity contribution in [3.05, 3.63) is 35.2 Å². The minimum Gasteiger partial charge on any atom is -0.395 e. The van der Waals surface area contributed by atoms with Crippen molar-refractivity contribution in [1.82, 2.24) is 9.97 Å². The lowest BCUT2D eigenvalue weighted by molar-refractivity contribution is -0.286. The second-order valence-electron chi connectivity index (χ2n) is 4.09. The highest BCUT2D eigenvalue weighted by atomic mass is 35.5. The number of hydrogen-bond acceptors (Lipinski definition) is 5. The Balaban J connectivity index is 1.89. The van der Waals surface area contributed by atoms with Gasteiger partial charge in [0.2, 0.25) is 0 Å². The van der Waals surface area contributed by atoms with Gasteiger partial charge in [0.05, 0.1) is 0 Å². The van der Waals surface area contributed by atoms with Gasteiger partial charge in [-0.2, -0.15) is 0 Å². The maximum Gasteiger partial charge on any atom is 0.586 e. The number of anilines is 2. The van der Waals surface area contributed by atoms with Crippen LogP contribution in [0.5, 0.6) is 11.5 Å². The number of halogens is 3. The number of rotatable bonds is 2. The first-order valence-electron chi connectivity index (χ1n) is 5.59. The smallest absolute Gasteiger partial charge is 0.395 e. The largest absolute Gasteiger partial charge is 0.586 e. The molecule has 0 bridgehead atoms. The van der Waals surface area contributed by atoms with Crippen LogP contribution in [0.2, 0.25) is 5.15 Å². The molecule has 0 fully saturated rings. The summed E-state index contributed by atoms with van der Waals surface area (Å²) in [7, 11) is 0. The normalized spacial score (nSPS) is 15.2. The van der Waals surface area contributed by atoms with Gasteiger partial charge in [0.15, 0.2) is 11.5 Å². The summed E-state index contributed by atoms with van der Waals surface area (Å²) in [5.74, 6) is 0.423. The fourth-order valence-corrected chi connectivity index (χ4v) is 1.85. The summed E-state index contributed by atoms with van der Waals surface area (Å²) in [6.07, 6.45) is -2.33. The van der Waals surface area contributed by atoms with Gasteiger partial charge in [0.25, 0.3) is 0 Å². The van der Waals surface area contributed by atoms with Crippen LogP contribution in [0.1, 0.15) is 5.56 Å². The number of nitrogens with one attached hydrogen (secondary N) is 1. The quantitative estimate of drug-likeness (QED) is 0.860. The van der Waals surface area contributed by atoms with Crippen molar-refractivity contribution in [3.8, 4) is 11.5 Å². The predicted molar refractivity (Wildman–Crippen MR) is 67.7 cm³/mol. The molecule has 0 atom stereocenters. The van der Waals surface area contributed by atoms with Crippen molar-refractivity contribution in [1.29, 1.82) is 0 Å². The van der Waals surface area contributed by atoms with Crippen LogP contribution in [-0.2, 0) is 0 Å². The molecule has 20 heavy (non-hydrogen) atoms. The SMILES string of the molecule is Cc1c(Cl)ncnc1Nc1ccc2c(c1)OC(F)(F)O2. The third-order valence-corrected chi connectivity index (χ3v) is 3.07. The molecular weight excluding hydrogens is 292 g/mol. The maximum atomic E-state index is 12.9. The predicted octanol–water partition coefficient (Wildman–Crippen LogP) is 3.50. The Morgan fingerprint density at radius 1 is 1.20 bits per heavy atom. The monoisotopic (exact) mass is 299 g/mol. The highest BCUT2D eigenvalue weighted by Crippen LogP contribution is 2.42. The maximum absolute atomic E-state index is 12.9. The topological polar surface area (TPSA) is 56.3 Å².